The molecule has 0 aliphatic carbocycles. The first-order valence-electron chi connectivity index (χ1n) is 7.19. The van der Waals surface area contributed by atoms with E-state index in [0.29, 0.717) is 23.3 Å². The predicted molar refractivity (Wildman–Crippen MR) is 82.3 cm³/mol. The molecule has 2 aromatic rings. The number of benzene rings is 1. The van der Waals surface area contributed by atoms with Crippen LogP contribution in [0.1, 0.15) is 12.8 Å². The quantitative estimate of drug-likeness (QED) is 0.866. The maximum absolute atomic E-state index is 11.3. The summed E-state index contributed by atoms with van der Waals surface area (Å²) in [4.78, 5) is 19.8. The SMILES string of the molecule is CC(=O)N1CCN(Cc2nc(-c3ccccc3Cl)no2)CC1. The fraction of sp³-hybridized carbons (Fsp3) is 0.400. The summed E-state index contributed by atoms with van der Waals surface area (Å²) >= 11 is 6.14. The number of nitrogens with zero attached hydrogens (tertiary/aromatic N) is 4. The van der Waals surface area contributed by atoms with Crippen molar-refractivity contribution in [3.63, 3.8) is 0 Å². The minimum atomic E-state index is 0.124. The Labute approximate surface area is 133 Å². The van der Waals surface area contributed by atoms with Gasteiger partial charge >= 0.3 is 0 Å². The highest BCUT2D eigenvalue weighted by atomic mass is 35.5. The van der Waals surface area contributed by atoms with Gasteiger partial charge in [0.15, 0.2) is 0 Å². The van der Waals surface area contributed by atoms with Crippen LogP contribution in [0.25, 0.3) is 11.4 Å². The van der Waals surface area contributed by atoms with Gasteiger partial charge in [0.2, 0.25) is 17.6 Å². The van der Waals surface area contributed by atoms with Crippen molar-refractivity contribution in [2.24, 2.45) is 0 Å². The van der Waals surface area contributed by atoms with Crippen LogP contribution < -0.4 is 0 Å². The molecule has 0 atom stereocenters. The molecule has 116 valence electrons. The fourth-order valence-corrected chi connectivity index (χ4v) is 2.70. The fourth-order valence-electron chi connectivity index (χ4n) is 2.48. The van der Waals surface area contributed by atoms with Crippen LogP contribution >= 0.6 is 11.6 Å². The third-order valence-corrected chi connectivity index (χ3v) is 4.09. The van der Waals surface area contributed by atoms with Gasteiger partial charge in [-0.2, -0.15) is 4.98 Å². The molecule has 0 spiro atoms. The first-order valence-corrected chi connectivity index (χ1v) is 7.56. The summed E-state index contributed by atoms with van der Waals surface area (Å²) in [5.41, 5.74) is 0.764. The highest BCUT2D eigenvalue weighted by Crippen LogP contribution is 2.25. The van der Waals surface area contributed by atoms with Gasteiger partial charge in [0, 0.05) is 38.7 Å². The predicted octanol–water partition coefficient (Wildman–Crippen LogP) is 2.05. The number of carbonyl (C=O) groups excluding carboxylic acids is 1. The van der Waals surface area contributed by atoms with E-state index in [0.717, 1.165) is 31.7 Å². The van der Waals surface area contributed by atoms with E-state index in [4.69, 9.17) is 16.1 Å². The molecule has 6 nitrogen and oxygen atoms in total. The highest BCUT2D eigenvalue weighted by molar-refractivity contribution is 6.33. The highest BCUT2D eigenvalue weighted by Gasteiger charge is 2.20. The molecule has 7 heteroatoms. The Kier molecular flexibility index (Phi) is 4.40. The zero-order chi connectivity index (χ0) is 15.5. The van der Waals surface area contributed by atoms with Crippen LogP contribution in [0.5, 0.6) is 0 Å². The number of rotatable bonds is 3. The summed E-state index contributed by atoms with van der Waals surface area (Å²) in [6.07, 6.45) is 0. The summed E-state index contributed by atoms with van der Waals surface area (Å²) in [5.74, 6) is 1.19. The molecule has 0 bridgehead atoms. The number of hydrogen-bond acceptors (Lipinski definition) is 5. The maximum Gasteiger partial charge on any atom is 0.241 e. The molecule has 22 heavy (non-hydrogen) atoms. The minimum absolute atomic E-state index is 0.124. The molecule has 1 amide bonds. The van der Waals surface area contributed by atoms with Crippen LogP contribution in [0.3, 0.4) is 0 Å². The zero-order valence-corrected chi connectivity index (χ0v) is 13.1. The molecule has 1 aliphatic heterocycles. The largest absolute Gasteiger partial charge is 0.340 e. The lowest BCUT2D eigenvalue weighted by Crippen LogP contribution is -2.47. The number of aromatic nitrogens is 2. The molecule has 0 N–H and O–H groups in total. The van der Waals surface area contributed by atoms with E-state index in [-0.39, 0.29) is 5.91 Å². The standard InChI is InChI=1S/C15H17ClN4O2/c1-11(21)20-8-6-19(7-9-20)10-14-17-15(18-22-14)12-4-2-3-5-13(12)16/h2-5H,6-10H2,1H3. The molecule has 1 saturated heterocycles. The second-order valence-corrected chi connectivity index (χ2v) is 5.68. The van der Waals surface area contributed by atoms with E-state index in [2.05, 4.69) is 15.0 Å². The average molecular weight is 321 g/mol. The van der Waals surface area contributed by atoms with E-state index in [1.807, 2.05) is 23.1 Å². The average Bonchev–Trinajstić information content (AvgIpc) is 2.96. The Morgan fingerprint density at radius 2 is 2.00 bits per heavy atom. The monoisotopic (exact) mass is 320 g/mol. The van der Waals surface area contributed by atoms with E-state index in [9.17, 15) is 4.79 Å². The minimum Gasteiger partial charge on any atom is -0.340 e. The van der Waals surface area contributed by atoms with Gasteiger partial charge in [-0.3, -0.25) is 9.69 Å². The van der Waals surface area contributed by atoms with Crippen LogP contribution in [0.15, 0.2) is 28.8 Å². The van der Waals surface area contributed by atoms with Crippen LogP contribution in [-0.2, 0) is 11.3 Å². The Balaban J connectivity index is 1.63. The van der Waals surface area contributed by atoms with Crippen LogP contribution in [0, 0.1) is 0 Å². The van der Waals surface area contributed by atoms with Crippen LogP contribution in [0.4, 0.5) is 0 Å². The van der Waals surface area contributed by atoms with Crippen molar-refractivity contribution in [1.29, 1.82) is 0 Å². The van der Waals surface area contributed by atoms with Gasteiger partial charge in [0.1, 0.15) is 0 Å². The molecule has 1 aliphatic rings. The smallest absolute Gasteiger partial charge is 0.241 e. The van der Waals surface area contributed by atoms with Crippen molar-refractivity contribution in [1.82, 2.24) is 19.9 Å². The van der Waals surface area contributed by atoms with Crippen LogP contribution in [0.2, 0.25) is 5.02 Å². The molecular weight excluding hydrogens is 304 g/mol. The van der Waals surface area contributed by atoms with Crippen molar-refractivity contribution in [2.45, 2.75) is 13.5 Å². The molecule has 1 aromatic carbocycles. The van der Waals surface area contributed by atoms with E-state index >= 15 is 0 Å². The summed E-state index contributed by atoms with van der Waals surface area (Å²) in [5, 5.41) is 4.60. The van der Waals surface area contributed by atoms with Gasteiger partial charge in [-0.05, 0) is 12.1 Å². The van der Waals surface area contributed by atoms with Gasteiger partial charge in [-0.1, -0.05) is 28.9 Å². The van der Waals surface area contributed by atoms with Crippen molar-refractivity contribution in [3.8, 4) is 11.4 Å². The van der Waals surface area contributed by atoms with Gasteiger partial charge in [-0.25, -0.2) is 0 Å². The van der Waals surface area contributed by atoms with E-state index < -0.39 is 0 Å². The van der Waals surface area contributed by atoms with Gasteiger partial charge in [0.25, 0.3) is 0 Å². The maximum atomic E-state index is 11.3. The van der Waals surface area contributed by atoms with Crippen molar-refractivity contribution in [3.05, 3.63) is 35.2 Å². The van der Waals surface area contributed by atoms with Crippen LogP contribution in [-0.4, -0.2) is 52.0 Å². The summed E-state index contributed by atoms with van der Waals surface area (Å²) in [6, 6.07) is 7.41. The molecule has 0 unspecified atom stereocenters. The van der Waals surface area contributed by atoms with Crippen molar-refractivity contribution in [2.75, 3.05) is 26.2 Å². The summed E-state index contributed by atoms with van der Waals surface area (Å²) in [7, 11) is 0. The van der Waals surface area contributed by atoms with Crippen molar-refractivity contribution >= 4 is 17.5 Å². The molecule has 2 heterocycles. The first-order chi connectivity index (χ1) is 10.6. The second-order valence-electron chi connectivity index (χ2n) is 5.27. The Morgan fingerprint density at radius 1 is 1.27 bits per heavy atom. The van der Waals surface area contributed by atoms with E-state index in [1.165, 1.54) is 0 Å². The lowest BCUT2D eigenvalue weighted by Gasteiger charge is -2.33. The Morgan fingerprint density at radius 3 is 2.68 bits per heavy atom. The molecule has 3 rings (SSSR count). The van der Waals surface area contributed by atoms with Gasteiger partial charge < -0.3 is 9.42 Å². The molecule has 1 fully saturated rings. The number of piperazine rings is 1. The second kappa shape index (κ2) is 6.46. The normalized spacial score (nSPS) is 16.0. The van der Waals surface area contributed by atoms with Crippen molar-refractivity contribution < 1.29 is 9.32 Å². The van der Waals surface area contributed by atoms with E-state index in [1.54, 1.807) is 13.0 Å². The molecular formula is C15H17ClN4O2. The number of carbonyl (C=O) groups is 1. The Hall–Kier alpha value is -1.92. The summed E-state index contributed by atoms with van der Waals surface area (Å²) in [6.45, 7) is 5.28. The topological polar surface area (TPSA) is 62.5 Å². The lowest BCUT2D eigenvalue weighted by molar-refractivity contribution is -0.130. The van der Waals surface area contributed by atoms with Gasteiger partial charge in [-0.15, -0.1) is 0 Å². The Bertz CT molecular complexity index is 665. The first kappa shape index (κ1) is 15.0. The molecule has 0 saturated carbocycles. The third kappa shape index (κ3) is 3.28. The number of hydrogen-bond donors (Lipinski definition) is 0. The lowest BCUT2D eigenvalue weighted by atomic mass is 10.2. The van der Waals surface area contributed by atoms with Gasteiger partial charge in [0.05, 0.1) is 11.6 Å². The molecule has 0 radical (unpaired) electrons. The molecule has 1 aromatic heterocycles. The number of amides is 1. The number of halogens is 1. The summed E-state index contributed by atoms with van der Waals surface area (Å²) < 4.78 is 5.31. The zero-order valence-electron chi connectivity index (χ0n) is 12.3. The third-order valence-electron chi connectivity index (χ3n) is 3.76.